The van der Waals surface area contributed by atoms with Crippen LogP contribution in [0.2, 0.25) is 0 Å². The highest BCUT2D eigenvalue weighted by molar-refractivity contribution is 5.97. The van der Waals surface area contributed by atoms with E-state index in [0.717, 1.165) is 11.1 Å². The van der Waals surface area contributed by atoms with Gasteiger partial charge in [-0.15, -0.1) is 0 Å². The van der Waals surface area contributed by atoms with Gasteiger partial charge in [-0.1, -0.05) is 12.1 Å². The fourth-order valence-electron chi connectivity index (χ4n) is 2.69. The maximum Gasteiger partial charge on any atom is 0.356 e. The molecule has 0 saturated heterocycles. The second kappa shape index (κ2) is 6.69. The minimum atomic E-state index is -0.579. The number of methoxy groups -OCH3 is 1. The number of hydrogen-bond donors (Lipinski definition) is 2. The Kier molecular flexibility index (Phi) is 4.42. The monoisotopic (exact) mass is 347 g/mol. The summed E-state index contributed by atoms with van der Waals surface area (Å²) >= 11 is 0. The van der Waals surface area contributed by atoms with Crippen molar-refractivity contribution in [1.29, 1.82) is 5.26 Å². The van der Waals surface area contributed by atoms with E-state index < -0.39 is 5.97 Å². The highest BCUT2D eigenvalue weighted by Gasteiger charge is 2.21. The van der Waals surface area contributed by atoms with Crippen LogP contribution in [0, 0.1) is 25.2 Å². The van der Waals surface area contributed by atoms with Crippen molar-refractivity contribution >= 4 is 11.8 Å². The number of ether oxygens (including phenoxy) is 1. The van der Waals surface area contributed by atoms with Crippen LogP contribution in [0.25, 0.3) is 22.4 Å². The number of rotatable bonds is 3. The molecular formula is C19H17N5O2. The van der Waals surface area contributed by atoms with Gasteiger partial charge in [0.25, 0.3) is 0 Å². The average Bonchev–Trinajstić information content (AvgIpc) is 3.12. The maximum absolute atomic E-state index is 12.0. The Morgan fingerprint density at radius 2 is 2.00 bits per heavy atom. The first-order valence-corrected chi connectivity index (χ1v) is 7.86. The van der Waals surface area contributed by atoms with Crippen molar-refractivity contribution in [1.82, 2.24) is 15.2 Å². The number of pyridine rings is 1. The largest absolute Gasteiger partial charge is 0.464 e. The van der Waals surface area contributed by atoms with E-state index in [1.165, 1.54) is 18.9 Å². The van der Waals surface area contributed by atoms with Gasteiger partial charge in [0.15, 0.2) is 5.69 Å². The molecule has 2 heterocycles. The Balaban J connectivity index is 2.24. The third kappa shape index (κ3) is 2.89. The summed E-state index contributed by atoms with van der Waals surface area (Å²) in [6.07, 6.45) is 1.46. The first-order chi connectivity index (χ1) is 12.5. The lowest BCUT2D eigenvalue weighted by Gasteiger charge is -2.11. The molecule has 26 heavy (non-hydrogen) atoms. The van der Waals surface area contributed by atoms with Gasteiger partial charge in [-0.25, -0.2) is 9.78 Å². The SMILES string of the molecule is COC(=O)c1[nH]ncc1-c1cc(-c2ccc(C)c(C)c2)nc(N)c1C#N. The van der Waals surface area contributed by atoms with E-state index in [1.807, 2.05) is 32.0 Å². The Labute approximate surface area is 150 Å². The van der Waals surface area contributed by atoms with Crippen molar-refractivity contribution in [2.75, 3.05) is 12.8 Å². The molecule has 3 rings (SSSR count). The zero-order chi connectivity index (χ0) is 18.8. The molecule has 3 N–H and O–H groups in total. The second-order valence-corrected chi connectivity index (χ2v) is 5.88. The number of aromatic nitrogens is 3. The van der Waals surface area contributed by atoms with Crippen LogP contribution in [-0.2, 0) is 4.74 Å². The number of carbonyl (C=O) groups is 1. The standard InChI is InChI=1S/C19H17N5O2/c1-10-4-5-12(6-11(10)2)16-7-13(14(8-20)18(21)23-16)15-9-22-24-17(15)19(25)26-3/h4-7,9H,1-3H3,(H2,21,23)(H,22,24). The normalized spacial score (nSPS) is 10.4. The van der Waals surface area contributed by atoms with Gasteiger partial charge in [0, 0.05) is 16.7 Å². The van der Waals surface area contributed by atoms with E-state index in [0.29, 0.717) is 16.8 Å². The molecule has 0 aliphatic rings. The molecule has 0 radical (unpaired) electrons. The molecule has 0 atom stereocenters. The molecule has 0 amide bonds. The smallest absolute Gasteiger partial charge is 0.356 e. The number of hydrogen-bond acceptors (Lipinski definition) is 6. The van der Waals surface area contributed by atoms with Gasteiger partial charge in [-0.3, -0.25) is 5.10 Å². The number of esters is 1. The van der Waals surface area contributed by atoms with Crippen LogP contribution in [0.15, 0.2) is 30.5 Å². The van der Waals surface area contributed by atoms with E-state index in [1.54, 1.807) is 6.07 Å². The molecule has 130 valence electrons. The van der Waals surface area contributed by atoms with Gasteiger partial charge in [0.05, 0.1) is 19.0 Å². The van der Waals surface area contributed by atoms with Gasteiger partial charge >= 0.3 is 5.97 Å². The van der Waals surface area contributed by atoms with Crippen molar-refractivity contribution < 1.29 is 9.53 Å². The summed E-state index contributed by atoms with van der Waals surface area (Å²) in [6, 6.07) is 9.73. The molecular weight excluding hydrogens is 330 g/mol. The highest BCUT2D eigenvalue weighted by atomic mass is 16.5. The quantitative estimate of drug-likeness (QED) is 0.703. The van der Waals surface area contributed by atoms with Gasteiger partial charge in [0.1, 0.15) is 17.5 Å². The van der Waals surface area contributed by atoms with E-state index in [-0.39, 0.29) is 17.1 Å². The summed E-state index contributed by atoms with van der Waals surface area (Å²) in [6.45, 7) is 4.04. The second-order valence-electron chi connectivity index (χ2n) is 5.88. The summed E-state index contributed by atoms with van der Waals surface area (Å²) in [4.78, 5) is 16.3. The summed E-state index contributed by atoms with van der Waals surface area (Å²) < 4.78 is 4.76. The molecule has 0 aliphatic heterocycles. The molecule has 0 unspecified atom stereocenters. The van der Waals surface area contributed by atoms with Crippen molar-refractivity contribution in [3.63, 3.8) is 0 Å². The molecule has 2 aromatic heterocycles. The number of anilines is 1. The number of nitrogens with two attached hydrogens (primary N) is 1. The minimum absolute atomic E-state index is 0.0928. The number of nitrogens with one attached hydrogen (secondary N) is 1. The molecule has 7 nitrogen and oxygen atoms in total. The number of carbonyl (C=O) groups excluding carboxylic acids is 1. The zero-order valence-electron chi connectivity index (χ0n) is 14.6. The van der Waals surface area contributed by atoms with Gasteiger partial charge < -0.3 is 10.5 Å². The predicted octanol–water partition coefficient (Wildman–Crippen LogP) is 3.00. The Morgan fingerprint density at radius 1 is 1.23 bits per heavy atom. The van der Waals surface area contributed by atoms with Gasteiger partial charge in [-0.2, -0.15) is 10.4 Å². The van der Waals surface area contributed by atoms with Crippen molar-refractivity contribution in [2.45, 2.75) is 13.8 Å². The fourth-order valence-corrected chi connectivity index (χ4v) is 2.69. The number of aryl methyl sites for hydroxylation is 2. The van der Waals surface area contributed by atoms with Crippen LogP contribution < -0.4 is 5.73 Å². The average molecular weight is 347 g/mol. The van der Waals surface area contributed by atoms with Crippen molar-refractivity contribution in [3.8, 4) is 28.5 Å². The lowest BCUT2D eigenvalue weighted by Crippen LogP contribution is -2.05. The zero-order valence-corrected chi connectivity index (χ0v) is 14.6. The van der Waals surface area contributed by atoms with Crippen LogP contribution >= 0.6 is 0 Å². The number of nitrogens with zero attached hydrogens (tertiary/aromatic N) is 3. The third-order valence-electron chi connectivity index (χ3n) is 4.28. The molecule has 3 aromatic rings. The highest BCUT2D eigenvalue weighted by Crippen LogP contribution is 2.33. The van der Waals surface area contributed by atoms with Crippen molar-refractivity contribution in [3.05, 3.63) is 52.8 Å². The van der Waals surface area contributed by atoms with Gasteiger partial charge in [0.2, 0.25) is 0 Å². The molecule has 7 heteroatoms. The number of H-pyrrole nitrogens is 1. The maximum atomic E-state index is 12.0. The van der Waals surface area contributed by atoms with Crippen LogP contribution in [-0.4, -0.2) is 28.3 Å². The summed E-state index contributed by atoms with van der Waals surface area (Å²) in [5, 5.41) is 16.0. The first-order valence-electron chi connectivity index (χ1n) is 7.86. The number of benzene rings is 1. The Hall–Kier alpha value is -3.66. The third-order valence-corrected chi connectivity index (χ3v) is 4.28. The lowest BCUT2D eigenvalue weighted by atomic mass is 9.97. The van der Waals surface area contributed by atoms with Crippen LogP contribution in [0.1, 0.15) is 27.2 Å². The lowest BCUT2D eigenvalue weighted by molar-refractivity contribution is 0.0595. The number of nitriles is 1. The predicted molar refractivity (Wildman–Crippen MR) is 97.2 cm³/mol. The Morgan fingerprint density at radius 3 is 2.65 bits per heavy atom. The van der Waals surface area contributed by atoms with E-state index >= 15 is 0 Å². The summed E-state index contributed by atoms with van der Waals surface area (Å²) in [5.74, 6) is -0.486. The van der Waals surface area contributed by atoms with E-state index in [4.69, 9.17) is 10.5 Å². The minimum Gasteiger partial charge on any atom is -0.464 e. The summed E-state index contributed by atoms with van der Waals surface area (Å²) in [7, 11) is 1.28. The van der Waals surface area contributed by atoms with Crippen LogP contribution in [0.3, 0.4) is 0 Å². The molecule has 0 spiro atoms. The van der Waals surface area contributed by atoms with Crippen LogP contribution in [0.4, 0.5) is 5.82 Å². The summed E-state index contributed by atoms with van der Waals surface area (Å²) in [5.41, 5.74) is 11.0. The molecule has 0 saturated carbocycles. The molecule has 0 aliphatic carbocycles. The van der Waals surface area contributed by atoms with Gasteiger partial charge in [-0.05, 0) is 37.1 Å². The van der Waals surface area contributed by atoms with E-state index in [2.05, 4.69) is 21.3 Å². The Bertz CT molecular complexity index is 1050. The molecule has 0 bridgehead atoms. The fraction of sp³-hybridized carbons (Fsp3) is 0.158. The molecule has 0 fully saturated rings. The molecule has 1 aromatic carbocycles. The number of nitrogen functional groups attached to an aromatic ring is 1. The number of aromatic amines is 1. The first kappa shape index (κ1) is 17.2. The van der Waals surface area contributed by atoms with Crippen LogP contribution in [0.5, 0.6) is 0 Å². The topological polar surface area (TPSA) is 118 Å². The van der Waals surface area contributed by atoms with E-state index in [9.17, 15) is 10.1 Å². The van der Waals surface area contributed by atoms with Crippen molar-refractivity contribution in [2.24, 2.45) is 0 Å².